The van der Waals surface area contributed by atoms with Crippen LogP contribution in [0.25, 0.3) is 0 Å². The van der Waals surface area contributed by atoms with Crippen LogP contribution in [0, 0.1) is 11.7 Å². The van der Waals surface area contributed by atoms with Gasteiger partial charge in [-0.05, 0) is 81.5 Å². The molecule has 3 fully saturated rings. The van der Waals surface area contributed by atoms with E-state index >= 15 is 0 Å². The first-order valence-corrected chi connectivity index (χ1v) is 13.2. The van der Waals surface area contributed by atoms with Gasteiger partial charge in [0, 0.05) is 29.3 Å². The lowest BCUT2D eigenvalue weighted by Gasteiger charge is -2.40. The van der Waals surface area contributed by atoms with Crippen LogP contribution in [0.2, 0.25) is 0 Å². The van der Waals surface area contributed by atoms with Crippen LogP contribution in [0.15, 0.2) is 36.4 Å². The van der Waals surface area contributed by atoms with Crippen LogP contribution in [0.5, 0.6) is 0 Å². The lowest BCUT2D eigenvalue weighted by atomic mass is 9.74. The van der Waals surface area contributed by atoms with Crippen LogP contribution in [0.4, 0.5) is 9.18 Å². The van der Waals surface area contributed by atoms with Gasteiger partial charge in [-0.1, -0.05) is 24.6 Å². The minimum absolute atomic E-state index is 0.0344. The molecule has 3 aliphatic rings. The van der Waals surface area contributed by atoms with Crippen LogP contribution in [-0.2, 0) is 24.3 Å². The first-order chi connectivity index (χ1) is 16.5. The lowest BCUT2D eigenvalue weighted by Crippen LogP contribution is -2.57. The second kappa shape index (κ2) is 10.1. The Morgan fingerprint density at radius 1 is 0.912 bits per heavy atom. The summed E-state index contributed by atoms with van der Waals surface area (Å²) in [6, 6.07) is 10.5. The van der Waals surface area contributed by atoms with Gasteiger partial charge in [0.1, 0.15) is 11.4 Å². The molecule has 2 aromatic rings. The van der Waals surface area contributed by atoms with Gasteiger partial charge < -0.3 is 5.32 Å². The summed E-state index contributed by atoms with van der Waals surface area (Å²) in [6.45, 7) is 6.09. The molecule has 2 N–H and O–H groups in total. The van der Waals surface area contributed by atoms with Crippen molar-refractivity contribution in [1.29, 1.82) is 0 Å². The Hall–Kier alpha value is -2.29. The van der Waals surface area contributed by atoms with Crippen molar-refractivity contribution >= 4 is 23.3 Å². The molecule has 3 amide bonds. The van der Waals surface area contributed by atoms with E-state index in [1.54, 1.807) is 18.2 Å². The molecule has 0 spiro atoms. The number of hydrogen-bond acceptors (Lipinski definition) is 5. The van der Waals surface area contributed by atoms with Crippen LogP contribution in [0.1, 0.15) is 47.4 Å². The molecule has 3 aliphatic heterocycles. The minimum atomic E-state index is -1.09. The molecular weight excluding hydrogens is 451 g/mol. The van der Waals surface area contributed by atoms with E-state index in [1.807, 2.05) is 11.3 Å². The second-order valence-corrected chi connectivity index (χ2v) is 11.2. The molecule has 6 nitrogen and oxygen atoms in total. The smallest absolute Gasteiger partial charge is 0.322 e. The number of piperidine rings is 2. The van der Waals surface area contributed by atoms with Crippen LogP contribution in [0.3, 0.4) is 0 Å². The standard InChI is InChI=1S/C26H33FN4O2S/c27-23-7-3-2-6-19(23)16-26(24(32)28-25(33)29-26)20-10-14-31(15-11-20)18-22-9-8-21(34-22)17-30-12-4-1-5-13-30/h2-3,6-9,20H,1,4-5,10-18H2,(H2,28,29,32,33)/t26-/m1/s1. The number of urea groups is 1. The first-order valence-electron chi connectivity index (χ1n) is 12.4. The van der Waals surface area contributed by atoms with Gasteiger partial charge in [0.15, 0.2) is 0 Å². The number of benzene rings is 1. The highest BCUT2D eigenvalue weighted by Gasteiger charge is 2.52. The molecule has 1 aromatic carbocycles. The van der Waals surface area contributed by atoms with E-state index in [0.29, 0.717) is 5.56 Å². The maximum atomic E-state index is 14.4. The molecule has 1 aromatic heterocycles. The van der Waals surface area contributed by atoms with Gasteiger partial charge in [-0.25, -0.2) is 9.18 Å². The fraction of sp³-hybridized carbons (Fsp3) is 0.538. The zero-order valence-corrected chi connectivity index (χ0v) is 20.3. The molecule has 4 heterocycles. The van der Waals surface area contributed by atoms with Gasteiger partial charge in [0.2, 0.25) is 0 Å². The number of nitrogens with one attached hydrogen (secondary N) is 2. The van der Waals surface area contributed by atoms with Crippen molar-refractivity contribution in [2.24, 2.45) is 5.92 Å². The van der Waals surface area contributed by atoms with Gasteiger partial charge in [-0.3, -0.25) is 19.9 Å². The Balaban J connectivity index is 1.21. The largest absolute Gasteiger partial charge is 0.323 e. The number of carbonyl (C=O) groups excluding carboxylic acids is 2. The molecule has 0 aliphatic carbocycles. The van der Waals surface area contributed by atoms with Gasteiger partial charge in [0.05, 0.1) is 0 Å². The number of nitrogens with zero attached hydrogens (tertiary/aromatic N) is 2. The summed E-state index contributed by atoms with van der Waals surface area (Å²) in [5.41, 5.74) is -0.627. The van der Waals surface area contributed by atoms with E-state index in [0.717, 1.165) is 39.0 Å². The van der Waals surface area contributed by atoms with E-state index in [-0.39, 0.29) is 24.1 Å². The zero-order valence-electron chi connectivity index (χ0n) is 19.5. The Morgan fingerprint density at radius 2 is 1.56 bits per heavy atom. The minimum Gasteiger partial charge on any atom is -0.323 e. The van der Waals surface area contributed by atoms with Crippen LogP contribution >= 0.6 is 11.3 Å². The predicted octanol–water partition coefficient (Wildman–Crippen LogP) is 3.91. The topological polar surface area (TPSA) is 64.7 Å². The maximum Gasteiger partial charge on any atom is 0.322 e. The number of hydrogen-bond donors (Lipinski definition) is 2. The first kappa shape index (κ1) is 23.5. The second-order valence-electron chi connectivity index (χ2n) is 9.90. The number of amides is 3. The normalized spacial score (nSPS) is 24.9. The third-order valence-corrected chi connectivity index (χ3v) is 8.66. The summed E-state index contributed by atoms with van der Waals surface area (Å²) in [4.78, 5) is 32.8. The molecule has 1 atom stereocenters. The number of carbonyl (C=O) groups is 2. The van der Waals surface area contributed by atoms with Crippen LogP contribution < -0.4 is 10.6 Å². The molecule has 0 saturated carbocycles. The molecule has 3 saturated heterocycles. The van der Waals surface area contributed by atoms with E-state index < -0.39 is 11.6 Å². The fourth-order valence-electron chi connectivity index (χ4n) is 5.74. The molecule has 34 heavy (non-hydrogen) atoms. The average molecular weight is 485 g/mol. The SMILES string of the molecule is O=C1NC(=O)[C@@](Cc2ccccc2F)(C2CCN(Cc3ccc(CN4CCCCC4)s3)CC2)N1. The fourth-order valence-corrected chi connectivity index (χ4v) is 6.84. The van der Waals surface area contributed by atoms with Crippen LogP contribution in [-0.4, -0.2) is 53.5 Å². The maximum absolute atomic E-state index is 14.4. The zero-order chi connectivity index (χ0) is 23.5. The summed E-state index contributed by atoms with van der Waals surface area (Å²) in [5.74, 6) is -0.709. The summed E-state index contributed by atoms with van der Waals surface area (Å²) in [7, 11) is 0. The van der Waals surface area contributed by atoms with E-state index in [1.165, 1.54) is 48.2 Å². The van der Waals surface area contributed by atoms with Gasteiger partial charge in [0.25, 0.3) is 5.91 Å². The van der Waals surface area contributed by atoms with Crippen molar-refractivity contribution in [2.45, 2.75) is 57.2 Å². The monoisotopic (exact) mass is 484 g/mol. The Labute approximate surface area is 204 Å². The average Bonchev–Trinajstić information content (AvgIpc) is 3.39. The van der Waals surface area contributed by atoms with Gasteiger partial charge in [-0.15, -0.1) is 11.3 Å². The summed E-state index contributed by atoms with van der Waals surface area (Å²) in [5, 5.41) is 5.29. The number of thiophene rings is 1. The number of likely N-dealkylation sites (tertiary alicyclic amines) is 2. The molecular formula is C26H33FN4O2S. The number of halogens is 1. The van der Waals surface area contributed by atoms with Gasteiger partial charge >= 0.3 is 6.03 Å². The molecule has 0 unspecified atom stereocenters. The van der Waals surface area contributed by atoms with E-state index in [9.17, 15) is 14.0 Å². The van der Waals surface area contributed by atoms with Crippen molar-refractivity contribution in [1.82, 2.24) is 20.4 Å². The van der Waals surface area contributed by atoms with Crippen molar-refractivity contribution < 1.29 is 14.0 Å². The lowest BCUT2D eigenvalue weighted by molar-refractivity contribution is -0.126. The Bertz CT molecular complexity index is 1030. The van der Waals surface area contributed by atoms with Crippen molar-refractivity contribution in [3.05, 3.63) is 57.5 Å². The van der Waals surface area contributed by atoms with Crippen molar-refractivity contribution in [3.63, 3.8) is 0 Å². The highest BCUT2D eigenvalue weighted by molar-refractivity contribution is 7.11. The summed E-state index contributed by atoms with van der Waals surface area (Å²) in [6.07, 6.45) is 5.72. The Morgan fingerprint density at radius 3 is 2.18 bits per heavy atom. The molecule has 8 heteroatoms. The molecule has 5 rings (SSSR count). The number of rotatable bonds is 7. The van der Waals surface area contributed by atoms with E-state index in [4.69, 9.17) is 0 Å². The predicted molar refractivity (Wildman–Crippen MR) is 131 cm³/mol. The molecule has 182 valence electrons. The molecule has 0 bridgehead atoms. The Kier molecular flexibility index (Phi) is 6.99. The van der Waals surface area contributed by atoms with Crippen molar-refractivity contribution in [3.8, 4) is 0 Å². The highest BCUT2D eigenvalue weighted by Crippen LogP contribution is 2.35. The summed E-state index contributed by atoms with van der Waals surface area (Å²) >= 11 is 1.90. The van der Waals surface area contributed by atoms with E-state index in [2.05, 4.69) is 32.6 Å². The molecule has 0 radical (unpaired) electrons. The van der Waals surface area contributed by atoms with Gasteiger partial charge in [-0.2, -0.15) is 0 Å². The summed E-state index contributed by atoms with van der Waals surface area (Å²) < 4.78 is 14.4. The third-order valence-electron chi connectivity index (χ3n) is 7.61. The third kappa shape index (κ3) is 5.04. The highest BCUT2D eigenvalue weighted by atomic mass is 32.1. The number of imide groups is 1. The van der Waals surface area contributed by atoms with Crippen molar-refractivity contribution in [2.75, 3.05) is 26.2 Å². The quantitative estimate of drug-likeness (QED) is 0.585.